The predicted octanol–water partition coefficient (Wildman–Crippen LogP) is 1.44. The number of ether oxygens (including phenoxy) is 1. The topological polar surface area (TPSA) is 63.7 Å². The molecule has 1 aliphatic heterocycles. The summed E-state index contributed by atoms with van der Waals surface area (Å²) in [5, 5.41) is 0. The van der Waals surface area contributed by atoms with Crippen LogP contribution in [0.4, 0.5) is 4.39 Å². The van der Waals surface area contributed by atoms with Crippen molar-refractivity contribution in [1.82, 2.24) is 4.31 Å². The molecule has 0 radical (unpaired) electrons. The molecule has 0 unspecified atom stereocenters. The van der Waals surface area contributed by atoms with Crippen LogP contribution in [0.15, 0.2) is 23.1 Å². The van der Waals surface area contributed by atoms with Crippen molar-refractivity contribution in [3.63, 3.8) is 0 Å². The van der Waals surface area contributed by atoms with Crippen LogP contribution in [0.25, 0.3) is 0 Å². The van der Waals surface area contributed by atoms with E-state index in [2.05, 4.69) is 0 Å². The third-order valence-electron chi connectivity index (χ3n) is 3.75. The summed E-state index contributed by atoms with van der Waals surface area (Å²) >= 11 is 0. The van der Waals surface area contributed by atoms with Crippen LogP contribution in [0.2, 0.25) is 0 Å². The molecule has 1 saturated carbocycles. The molecule has 3 rings (SSSR count). The van der Waals surface area contributed by atoms with E-state index in [-0.39, 0.29) is 30.4 Å². The van der Waals surface area contributed by atoms with Gasteiger partial charge in [0.15, 0.2) is 5.78 Å². The van der Waals surface area contributed by atoms with E-state index >= 15 is 0 Å². The molecule has 0 bridgehead atoms. The number of nitrogens with zero attached hydrogens (tertiary/aromatic N) is 1. The Hall–Kier alpha value is -1.31. The van der Waals surface area contributed by atoms with Crippen LogP contribution in [0.5, 0.6) is 0 Å². The van der Waals surface area contributed by atoms with Crippen molar-refractivity contribution >= 4 is 15.8 Å². The Kier molecular flexibility index (Phi) is 3.81. The first kappa shape index (κ1) is 14.6. The minimum absolute atomic E-state index is 0.0330. The number of carbonyl (C=O) groups excluding carboxylic acids is 1. The molecule has 0 atom stereocenters. The van der Waals surface area contributed by atoms with Crippen molar-refractivity contribution in [2.24, 2.45) is 5.92 Å². The van der Waals surface area contributed by atoms with Crippen molar-refractivity contribution in [3.05, 3.63) is 29.6 Å². The molecule has 114 valence electrons. The van der Waals surface area contributed by atoms with E-state index in [0.29, 0.717) is 13.2 Å². The average Bonchev–Trinajstić information content (AvgIpc) is 3.32. The highest BCUT2D eigenvalue weighted by Crippen LogP contribution is 2.33. The van der Waals surface area contributed by atoms with E-state index in [0.717, 1.165) is 18.9 Å². The molecule has 0 amide bonds. The summed E-state index contributed by atoms with van der Waals surface area (Å²) in [6.07, 6.45) is 1.64. The number of hydrogen-bond donors (Lipinski definition) is 0. The summed E-state index contributed by atoms with van der Waals surface area (Å²) in [6.45, 7) is 0.980. The van der Waals surface area contributed by atoms with Gasteiger partial charge in [0, 0.05) is 24.6 Å². The lowest BCUT2D eigenvalue weighted by atomic mass is 10.1. The zero-order chi connectivity index (χ0) is 15.0. The van der Waals surface area contributed by atoms with Gasteiger partial charge in [0.05, 0.1) is 13.2 Å². The number of Topliss-reactive ketones (excluding diaryl/α,β-unsaturated/α-hetero) is 1. The van der Waals surface area contributed by atoms with Gasteiger partial charge in [0.2, 0.25) is 10.0 Å². The maximum Gasteiger partial charge on any atom is 0.246 e. The highest BCUT2D eigenvalue weighted by Gasteiger charge is 2.33. The lowest BCUT2D eigenvalue weighted by Crippen LogP contribution is -2.41. The normalized spacial score (nSPS) is 20.4. The predicted molar refractivity (Wildman–Crippen MR) is 73.0 cm³/mol. The van der Waals surface area contributed by atoms with Gasteiger partial charge in [-0.05, 0) is 31.0 Å². The first-order chi connectivity index (χ1) is 10.00. The van der Waals surface area contributed by atoms with E-state index in [1.165, 1.54) is 16.4 Å². The number of rotatable bonds is 4. The Morgan fingerprint density at radius 2 is 1.90 bits per heavy atom. The van der Waals surface area contributed by atoms with Crippen LogP contribution in [-0.2, 0) is 14.8 Å². The van der Waals surface area contributed by atoms with Crippen molar-refractivity contribution < 1.29 is 22.3 Å². The van der Waals surface area contributed by atoms with Gasteiger partial charge in [0.1, 0.15) is 10.7 Å². The van der Waals surface area contributed by atoms with Gasteiger partial charge in [-0.15, -0.1) is 0 Å². The lowest BCUT2D eigenvalue weighted by molar-refractivity contribution is 0.0729. The van der Waals surface area contributed by atoms with Crippen molar-refractivity contribution in [3.8, 4) is 0 Å². The quantitative estimate of drug-likeness (QED) is 0.789. The highest BCUT2D eigenvalue weighted by molar-refractivity contribution is 7.89. The highest BCUT2D eigenvalue weighted by atomic mass is 32.2. The summed E-state index contributed by atoms with van der Waals surface area (Å²) in [5.41, 5.74) is 0.269. The number of carbonyl (C=O) groups is 1. The van der Waals surface area contributed by atoms with E-state index in [1.807, 2.05) is 0 Å². The minimum Gasteiger partial charge on any atom is -0.379 e. The molecular formula is C14H16FNO4S. The molecule has 7 heteroatoms. The summed E-state index contributed by atoms with van der Waals surface area (Å²) in [6, 6.07) is 3.58. The summed E-state index contributed by atoms with van der Waals surface area (Å²) in [4.78, 5) is 11.6. The molecule has 1 aromatic rings. The third kappa shape index (κ3) is 2.86. The lowest BCUT2D eigenvalue weighted by Gasteiger charge is -2.26. The molecule has 1 aliphatic carbocycles. The van der Waals surface area contributed by atoms with E-state index in [1.54, 1.807) is 0 Å². The van der Waals surface area contributed by atoms with Crippen LogP contribution in [0.1, 0.15) is 23.2 Å². The summed E-state index contributed by atoms with van der Waals surface area (Å²) < 4.78 is 45.2. The number of morpholine rings is 1. The molecule has 0 N–H and O–H groups in total. The fraction of sp³-hybridized carbons (Fsp3) is 0.500. The second-order valence-electron chi connectivity index (χ2n) is 5.30. The van der Waals surface area contributed by atoms with Gasteiger partial charge in [-0.3, -0.25) is 4.79 Å². The summed E-state index contributed by atoms with van der Waals surface area (Å²) in [5.74, 6) is -0.961. The standard InChI is InChI=1S/C14H16FNO4S/c15-12-4-3-11(14(17)10-1-2-10)9-13(12)21(18,19)16-5-7-20-8-6-16/h3-4,9-10H,1-2,5-8H2. The monoisotopic (exact) mass is 313 g/mol. The molecular weight excluding hydrogens is 297 g/mol. The molecule has 0 spiro atoms. The van der Waals surface area contributed by atoms with Crippen LogP contribution in [-0.4, -0.2) is 44.8 Å². The van der Waals surface area contributed by atoms with Crippen LogP contribution < -0.4 is 0 Å². The Bertz CT molecular complexity index is 664. The van der Waals surface area contributed by atoms with Crippen molar-refractivity contribution in [2.75, 3.05) is 26.3 Å². The molecule has 5 nitrogen and oxygen atoms in total. The van der Waals surface area contributed by atoms with E-state index in [4.69, 9.17) is 4.74 Å². The molecule has 1 saturated heterocycles. The number of halogens is 1. The third-order valence-corrected chi connectivity index (χ3v) is 5.67. The van der Waals surface area contributed by atoms with E-state index < -0.39 is 20.7 Å². The van der Waals surface area contributed by atoms with Gasteiger partial charge in [-0.25, -0.2) is 12.8 Å². The van der Waals surface area contributed by atoms with Crippen LogP contribution >= 0.6 is 0 Å². The smallest absolute Gasteiger partial charge is 0.246 e. The van der Waals surface area contributed by atoms with Gasteiger partial charge in [-0.1, -0.05) is 0 Å². The second-order valence-corrected chi connectivity index (χ2v) is 7.21. The van der Waals surface area contributed by atoms with Gasteiger partial charge in [0.25, 0.3) is 0 Å². The molecule has 0 aromatic heterocycles. The first-order valence-corrected chi connectivity index (χ1v) is 8.36. The van der Waals surface area contributed by atoms with Crippen molar-refractivity contribution in [1.29, 1.82) is 0 Å². The maximum absolute atomic E-state index is 14.0. The molecule has 1 heterocycles. The zero-order valence-electron chi connectivity index (χ0n) is 11.4. The summed E-state index contributed by atoms with van der Waals surface area (Å²) in [7, 11) is -3.93. The Morgan fingerprint density at radius 3 is 2.52 bits per heavy atom. The number of hydrogen-bond acceptors (Lipinski definition) is 4. The Balaban J connectivity index is 1.96. The largest absolute Gasteiger partial charge is 0.379 e. The van der Waals surface area contributed by atoms with Gasteiger partial charge in [-0.2, -0.15) is 4.31 Å². The zero-order valence-corrected chi connectivity index (χ0v) is 12.2. The molecule has 2 fully saturated rings. The van der Waals surface area contributed by atoms with Crippen LogP contribution in [0.3, 0.4) is 0 Å². The van der Waals surface area contributed by atoms with Crippen molar-refractivity contribution in [2.45, 2.75) is 17.7 Å². The fourth-order valence-electron chi connectivity index (χ4n) is 2.36. The fourth-order valence-corrected chi connectivity index (χ4v) is 3.86. The van der Waals surface area contributed by atoms with Crippen LogP contribution in [0, 0.1) is 11.7 Å². The molecule has 21 heavy (non-hydrogen) atoms. The number of sulfonamides is 1. The average molecular weight is 313 g/mol. The Labute approximate surface area is 122 Å². The van der Waals surface area contributed by atoms with E-state index in [9.17, 15) is 17.6 Å². The maximum atomic E-state index is 14.0. The SMILES string of the molecule is O=C(c1ccc(F)c(S(=O)(=O)N2CCOCC2)c1)C1CC1. The molecule has 1 aromatic carbocycles. The second kappa shape index (κ2) is 5.47. The first-order valence-electron chi connectivity index (χ1n) is 6.92. The minimum atomic E-state index is -3.93. The number of benzene rings is 1. The number of ketones is 1. The van der Waals surface area contributed by atoms with Gasteiger partial charge < -0.3 is 4.74 Å². The Morgan fingerprint density at radius 1 is 1.24 bits per heavy atom. The molecule has 2 aliphatic rings. The van der Waals surface area contributed by atoms with Gasteiger partial charge >= 0.3 is 0 Å².